The molecule has 0 saturated carbocycles. The van der Waals surface area contributed by atoms with E-state index >= 15 is 0 Å². The number of aromatic nitrogens is 3. The summed E-state index contributed by atoms with van der Waals surface area (Å²) in [5.41, 5.74) is 4.86. The Morgan fingerprint density at radius 2 is 2.03 bits per heavy atom. The second-order valence-electron chi connectivity index (χ2n) is 6.69. The van der Waals surface area contributed by atoms with E-state index in [1.807, 2.05) is 13.0 Å². The fraction of sp³-hybridized carbons (Fsp3) is 0.190. The van der Waals surface area contributed by atoms with Crippen molar-refractivity contribution in [3.05, 3.63) is 65.8 Å². The molecule has 0 radical (unpaired) electrons. The molecule has 2 aromatic carbocycles. The van der Waals surface area contributed by atoms with Crippen molar-refractivity contribution in [3.8, 4) is 5.75 Å². The molecule has 0 unspecified atom stereocenters. The molecule has 0 saturated heterocycles. The zero-order valence-corrected chi connectivity index (χ0v) is 16.5. The summed E-state index contributed by atoms with van der Waals surface area (Å²) in [5.74, 6) is 0.965. The van der Waals surface area contributed by atoms with Crippen molar-refractivity contribution >= 4 is 28.4 Å². The summed E-state index contributed by atoms with van der Waals surface area (Å²) in [6.45, 7) is 1.95. The van der Waals surface area contributed by atoms with Crippen molar-refractivity contribution in [3.63, 3.8) is 0 Å². The van der Waals surface area contributed by atoms with Gasteiger partial charge in [-0.2, -0.15) is 0 Å². The van der Waals surface area contributed by atoms with Gasteiger partial charge in [0.05, 0.1) is 31.6 Å². The van der Waals surface area contributed by atoms with Crippen LogP contribution in [0.25, 0.3) is 11.1 Å². The molecule has 0 aliphatic carbocycles. The summed E-state index contributed by atoms with van der Waals surface area (Å²) >= 11 is 0. The van der Waals surface area contributed by atoms with E-state index in [-0.39, 0.29) is 13.2 Å². The maximum atomic E-state index is 10.5. The molecule has 0 fully saturated rings. The van der Waals surface area contributed by atoms with Gasteiger partial charge < -0.3 is 19.6 Å². The molecule has 0 atom stereocenters. The average molecular weight is 407 g/mol. The van der Waals surface area contributed by atoms with Crippen molar-refractivity contribution in [2.24, 2.45) is 0 Å². The molecule has 30 heavy (non-hydrogen) atoms. The Morgan fingerprint density at radius 3 is 2.83 bits per heavy atom. The summed E-state index contributed by atoms with van der Waals surface area (Å²) < 4.78 is 10.6. The van der Waals surface area contributed by atoms with Crippen molar-refractivity contribution in [1.82, 2.24) is 15.0 Å². The molecule has 0 aliphatic rings. The molecule has 3 N–H and O–H groups in total. The molecule has 9 nitrogen and oxygen atoms in total. The standard InChI is InChI=1S/C21H21N5O4/c1-13-7-15(8-20(29-2)17(13)11-27)25-21-22-6-5-14(24-21)10-26(28)16-3-4-19-18(9-16)23-12-30-19/h3-9,12,27-28H,10-11H2,1-2H3,(H,22,24,25). The van der Waals surface area contributed by atoms with Gasteiger partial charge in [-0.05, 0) is 42.8 Å². The predicted octanol–water partition coefficient (Wildman–Crippen LogP) is 3.57. The molecule has 4 rings (SSSR count). The van der Waals surface area contributed by atoms with E-state index < -0.39 is 0 Å². The van der Waals surface area contributed by atoms with Gasteiger partial charge in [-0.3, -0.25) is 10.3 Å². The number of methoxy groups -OCH3 is 1. The molecule has 0 spiro atoms. The van der Waals surface area contributed by atoms with Crippen LogP contribution in [0.2, 0.25) is 0 Å². The number of rotatable bonds is 7. The van der Waals surface area contributed by atoms with Crippen LogP contribution in [0, 0.1) is 6.92 Å². The lowest BCUT2D eigenvalue weighted by molar-refractivity contribution is 0.248. The lowest BCUT2D eigenvalue weighted by Crippen LogP contribution is -2.18. The number of ether oxygens (including phenoxy) is 1. The number of hydrogen-bond donors (Lipinski definition) is 3. The molecule has 9 heteroatoms. The van der Waals surface area contributed by atoms with Crippen LogP contribution in [0.5, 0.6) is 5.75 Å². The van der Waals surface area contributed by atoms with E-state index in [1.165, 1.54) is 6.39 Å². The second kappa shape index (κ2) is 8.36. The van der Waals surface area contributed by atoms with Gasteiger partial charge in [0.25, 0.3) is 0 Å². The first-order valence-electron chi connectivity index (χ1n) is 9.24. The van der Waals surface area contributed by atoms with Crippen molar-refractivity contribution in [2.45, 2.75) is 20.1 Å². The zero-order valence-electron chi connectivity index (χ0n) is 16.5. The van der Waals surface area contributed by atoms with Gasteiger partial charge in [0.1, 0.15) is 11.3 Å². The second-order valence-corrected chi connectivity index (χ2v) is 6.69. The lowest BCUT2D eigenvalue weighted by Gasteiger charge is -2.17. The predicted molar refractivity (Wildman–Crippen MR) is 111 cm³/mol. The SMILES string of the molecule is COc1cc(Nc2nccc(CN(O)c3ccc4ocnc4c3)n2)cc(C)c1CO. The molecule has 0 bridgehead atoms. The Balaban J connectivity index is 1.52. The molecule has 0 aliphatic heterocycles. The molecule has 2 aromatic heterocycles. The van der Waals surface area contributed by atoms with E-state index in [4.69, 9.17) is 9.15 Å². The topological polar surface area (TPSA) is 117 Å². The average Bonchev–Trinajstić information content (AvgIpc) is 3.21. The Hall–Kier alpha value is -3.69. The van der Waals surface area contributed by atoms with E-state index in [1.54, 1.807) is 43.6 Å². The van der Waals surface area contributed by atoms with E-state index in [0.717, 1.165) is 21.9 Å². The van der Waals surface area contributed by atoms with Gasteiger partial charge in [-0.1, -0.05) is 0 Å². The summed E-state index contributed by atoms with van der Waals surface area (Å²) in [4.78, 5) is 12.8. The van der Waals surface area contributed by atoms with Gasteiger partial charge in [-0.15, -0.1) is 0 Å². The van der Waals surface area contributed by atoms with Gasteiger partial charge in [0.2, 0.25) is 5.95 Å². The molecular formula is C21H21N5O4. The molecular weight excluding hydrogens is 386 g/mol. The number of fused-ring (bicyclic) bond motifs is 1. The van der Waals surface area contributed by atoms with Gasteiger partial charge in [-0.25, -0.2) is 15.0 Å². The third kappa shape index (κ3) is 4.02. The Kier molecular flexibility index (Phi) is 5.46. The first-order chi connectivity index (χ1) is 14.6. The lowest BCUT2D eigenvalue weighted by atomic mass is 10.1. The number of nitrogens with one attached hydrogen (secondary N) is 1. The minimum Gasteiger partial charge on any atom is -0.496 e. The van der Waals surface area contributed by atoms with Crippen molar-refractivity contribution in [1.29, 1.82) is 0 Å². The molecule has 154 valence electrons. The highest BCUT2D eigenvalue weighted by atomic mass is 16.5. The summed E-state index contributed by atoms with van der Waals surface area (Å²) in [7, 11) is 1.56. The normalized spacial score (nSPS) is 10.9. The van der Waals surface area contributed by atoms with Crippen LogP contribution in [0.4, 0.5) is 17.3 Å². The number of aliphatic hydroxyl groups is 1. The highest BCUT2D eigenvalue weighted by Gasteiger charge is 2.11. The molecule has 2 heterocycles. The summed E-state index contributed by atoms with van der Waals surface area (Å²) in [5, 5.41) is 24.2. The molecule has 4 aromatic rings. The van der Waals surface area contributed by atoms with Crippen LogP contribution in [0.1, 0.15) is 16.8 Å². The van der Waals surface area contributed by atoms with Crippen molar-refractivity contribution < 1.29 is 19.5 Å². The van der Waals surface area contributed by atoms with E-state index in [9.17, 15) is 10.3 Å². The number of oxazole rings is 1. The number of hydrogen-bond acceptors (Lipinski definition) is 9. The third-order valence-electron chi connectivity index (χ3n) is 4.70. The first kappa shape index (κ1) is 19.6. The van der Waals surface area contributed by atoms with E-state index in [0.29, 0.717) is 34.2 Å². The monoisotopic (exact) mass is 407 g/mol. The summed E-state index contributed by atoms with van der Waals surface area (Å²) in [6, 6.07) is 10.6. The maximum absolute atomic E-state index is 10.5. The number of anilines is 3. The van der Waals surface area contributed by atoms with Crippen LogP contribution in [-0.2, 0) is 13.2 Å². The number of nitrogens with zero attached hydrogens (tertiary/aromatic N) is 4. The minimum atomic E-state index is -0.103. The van der Waals surface area contributed by atoms with Crippen LogP contribution in [0.15, 0.2) is 53.4 Å². The number of benzene rings is 2. The fourth-order valence-electron chi connectivity index (χ4n) is 3.17. The van der Waals surface area contributed by atoms with Crippen molar-refractivity contribution in [2.75, 3.05) is 17.5 Å². The number of hydroxylamine groups is 1. The number of aryl methyl sites for hydroxylation is 1. The Labute approximate surface area is 172 Å². The smallest absolute Gasteiger partial charge is 0.227 e. The van der Waals surface area contributed by atoms with E-state index in [2.05, 4.69) is 20.3 Å². The molecule has 0 amide bonds. The first-order valence-corrected chi connectivity index (χ1v) is 9.24. The largest absolute Gasteiger partial charge is 0.496 e. The highest BCUT2D eigenvalue weighted by molar-refractivity contribution is 5.76. The Bertz CT molecular complexity index is 1180. The van der Waals surface area contributed by atoms with Crippen LogP contribution in [-0.4, -0.2) is 32.4 Å². The zero-order chi connectivity index (χ0) is 21.1. The van der Waals surface area contributed by atoms with Crippen LogP contribution in [0.3, 0.4) is 0 Å². The van der Waals surface area contributed by atoms with Gasteiger partial charge in [0, 0.05) is 23.5 Å². The number of aliphatic hydroxyl groups excluding tert-OH is 1. The maximum Gasteiger partial charge on any atom is 0.227 e. The van der Waals surface area contributed by atoms with Gasteiger partial charge in [0.15, 0.2) is 12.0 Å². The third-order valence-corrected chi connectivity index (χ3v) is 4.70. The Morgan fingerprint density at radius 1 is 1.17 bits per heavy atom. The van der Waals surface area contributed by atoms with Crippen LogP contribution >= 0.6 is 0 Å². The van der Waals surface area contributed by atoms with Gasteiger partial charge >= 0.3 is 0 Å². The minimum absolute atomic E-state index is 0.103. The highest BCUT2D eigenvalue weighted by Crippen LogP contribution is 2.28. The summed E-state index contributed by atoms with van der Waals surface area (Å²) in [6.07, 6.45) is 2.98. The quantitative estimate of drug-likeness (QED) is 0.395. The fourth-order valence-corrected chi connectivity index (χ4v) is 3.17. The van der Waals surface area contributed by atoms with Crippen LogP contribution < -0.4 is 15.1 Å².